The second-order valence-electron chi connectivity index (χ2n) is 4.64. The van der Waals surface area contributed by atoms with E-state index < -0.39 is 15.8 Å². The van der Waals surface area contributed by atoms with Crippen LogP contribution in [0.5, 0.6) is 0 Å². The zero-order valence-corrected chi connectivity index (χ0v) is 13.2. The van der Waals surface area contributed by atoms with E-state index in [1.807, 2.05) is 6.92 Å². The number of benzene rings is 1. The Bertz CT molecular complexity index is 588. The maximum Gasteiger partial charge on any atom is 0.241 e. The number of halogens is 1. The molecule has 1 unspecified atom stereocenters. The predicted octanol–water partition coefficient (Wildman–Crippen LogP) is 2.32. The molecule has 0 bridgehead atoms. The topological polar surface area (TPSA) is 72.2 Å². The van der Waals surface area contributed by atoms with Crippen molar-refractivity contribution in [1.29, 1.82) is 0 Å². The van der Waals surface area contributed by atoms with Crippen molar-refractivity contribution >= 4 is 27.2 Å². The third-order valence-electron chi connectivity index (χ3n) is 2.86. The standard InChI is InChI=1S/C13H19FN2O2S2/c1-3-4-6-9(2)16-20(17,18)11-8-5-7-10(14)12(11)13(15)19/h5,7-9,16H,3-4,6H2,1-2H3,(H2,15,19). The van der Waals surface area contributed by atoms with Crippen LogP contribution in [0.15, 0.2) is 23.1 Å². The summed E-state index contributed by atoms with van der Waals surface area (Å²) in [6.07, 6.45) is 2.60. The number of nitrogens with one attached hydrogen (secondary N) is 1. The lowest BCUT2D eigenvalue weighted by Gasteiger charge is -2.16. The molecule has 0 amide bonds. The van der Waals surface area contributed by atoms with E-state index in [1.54, 1.807) is 6.92 Å². The molecule has 0 heterocycles. The van der Waals surface area contributed by atoms with Gasteiger partial charge in [-0.25, -0.2) is 17.5 Å². The van der Waals surface area contributed by atoms with E-state index in [0.29, 0.717) is 6.42 Å². The second kappa shape index (κ2) is 7.10. The van der Waals surface area contributed by atoms with Crippen LogP contribution >= 0.6 is 12.2 Å². The SMILES string of the molecule is CCCCC(C)NS(=O)(=O)c1cccc(F)c1C(N)=S. The molecule has 1 atom stereocenters. The lowest BCUT2D eigenvalue weighted by molar-refractivity contribution is 0.532. The molecule has 0 radical (unpaired) electrons. The summed E-state index contributed by atoms with van der Waals surface area (Å²) >= 11 is 4.74. The molecule has 4 nitrogen and oxygen atoms in total. The fourth-order valence-corrected chi connectivity index (χ4v) is 3.65. The van der Waals surface area contributed by atoms with Gasteiger partial charge < -0.3 is 5.73 Å². The van der Waals surface area contributed by atoms with Crippen LogP contribution in [-0.4, -0.2) is 19.4 Å². The fourth-order valence-electron chi connectivity index (χ4n) is 1.86. The third-order valence-corrected chi connectivity index (χ3v) is 4.69. The van der Waals surface area contributed by atoms with Gasteiger partial charge in [0, 0.05) is 6.04 Å². The Morgan fingerprint density at radius 2 is 2.15 bits per heavy atom. The van der Waals surface area contributed by atoms with Crippen molar-refractivity contribution in [1.82, 2.24) is 4.72 Å². The molecule has 0 saturated carbocycles. The number of nitrogens with two attached hydrogens (primary N) is 1. The molecule has 1 aromatic carbocycles. The Hall–Kier alpha value is -1.05. The molecule has 1 aromatic rings. The molecule has 7 heteroatoms. The molecule has 0 aliphatic rings. The van der Waals surface area contributed by atoms with Crippen molar-refractivity contribution in [2.45, 2.75) is 44.0 Å². The van der Waals surface area contributed by atoms with Gasteiger partial charge >= 0.3 is 0 Å². The fraction of sp³-hybridized carbons (Fsp3) is 0.462. The summed E-state index contributed by atoms with van der Waals surface area (Å²) in [6, 6.07) is 3.52. The van der Waals surface area contributed by atoms with Gasteiger partial charge in [0.1, 0.15) is 10.8 Å². The quantitative estimate of drug-likeness (QED) is 0.757. The van der Waals surface area contributed by atoms with E-state index in [4.69, 9.17) is 18.0 Å². The Labute approximate surface area is 124 Å². The molecular weight excluding hydrogens is 299 g/mol. The number of sulfonamides is 1. The van der Waals surface area contributed by atoms with Crippen molar-refractivity contribution in [3.05, 3.63) is 29.6 Å². The highest BCUT2D eigenvalue weighted by molar-refractivity contribution is 7.89. The molecule has 0 aromatic heterocycles. The summed E-state index contributed by atoms with van der Waals surface area (Å²) in [5.41, 5.74) is 5.18. The van der Waals surface area contributed by atoms with Crippen LogP contribution in [0.4, 0.5) is 4.39 Å². The average molecular weight is 318 g/mol. The molecule has 0 aliphatic carbocycles. The smallest absolute Gasteiger partial charge is 0.241 e. The summed E-state index contributed by atoms with van der Waals surface area (Å²) < 4.78 is 40.8. The van der Waals surface area contributed by atoms with Gasteiger partial charge in [0.15, 0.2) is 0 Å². The van der Waals surface area contributed by atoms with Crippen molar-refractivity contribution < 1.29 is 12.8 Å². The van der Waals surface area contributed by atoms with Gasteiger partial charge in [-0.2, -0.15) is 0 Å². The Balaban J connectivity index is 3.10. The molecule has 112 valence electrons. The summed E-state index contributed by atoms with van der Waals surface area (Å²) in [7, 11) is -3.85. The highest BCUT2D eigenvalue weighted by Crippen LogP contribution is 2.19. The van der Waals surface area contributed by atoms with E-state index in [9.17, 15) is 12.8 Å². The zero-order chi connectivity index (χ0) is 15.3. The zero-order valence-electron chi connectivity index (χ0n) is 11.5. The highest BCUT2D eigenvalue weighted by atomic mass is 32.2. The maximum atomic E-state index is 13.7. The van der Waals surface area contributed by atoms with E-state index >= 15 is 0 Å². The average Bonchev–Trinajstić information content (AvgIpc) is 2.35. The van der Waals surface area contributed by atoms with Crippen LogP contribution in [0.1, 0.15) is 38.7 Å². The first kappa shape index (κ1) is 17.0. The van der Waals surface area contributed by atoms with E-state index in [0.717, 1.165) is 18.9 Å². The molecule has 0 spiro atoms. The van der Waals surface area contributed by atoms with Crippen LogP contribution in [-0.2, 0) is 10.0 Å². The van der Waals surface area contributed by atoms with E-state index in [2.05, 4.69) is 4.72 Å². The summed E-state index contributed by atoms with van der Waals surface area (Å²) in [6.45, 7) is 3.80. The van der Waals surface area contributed by atoms with Gasteiger partial charge in [0.2, 0.25) is 10.0 Å². The summed E-state index contributed by atoms with van der Waals surface area (Å²) in [5.74, 6) is -0.735. The van der Waals surface area contributed by atoms with E-state index in [1.165, 1.54) is 12.1 Å². The predicted molar refractivity (Wildman–Crippen MR) is 81.6 cm³/mol. The normalized spacial score (nSPS) is 13.2. The first-order valence-corrected chi connectivity index (χ1v) is 8.29. The number of thiocarbonyl (C=S) groups is 1. The van der Waals surface area contributed by atoms with Crippen LogP contribution < -0.4 is 10.5 Å². The molecule has 3 N–H and O–H groups in total. The lowest BCUT2D eigenvalue weighted by Crippen LogP contribution is -2.34. The molecule has 0 fully saturated rings. The number of unbranched alkanes of at least 4 members (excludes halogenated alkanes) is 1. The van der Waals surface area contributed by atoms with Crippen LogP contribution in [0.3, 0.4) is 0 Å². The van der Waals surface area contributed by atoms with Crippen molar-refractivity contribution in [2.24, 2.45) is 5.73 Å². The minimum atomic E-state index is -3.85. The molecule has 1 rings (SSSR count). The Morgan fingerprint density at radius 1 is 1.50 bits per heavy atom. The minimum Gasteiger partial charge on any atom is -0.389 e. The minimum absolute atomic E-state index is 0.214. The van der Waals surface area contributed by atoms with Gasteiger partial charge in [-0.05, 0) is 25.5 Å². The van der Waals surface area contributed by atoms with Crippen molar-refractivity contribution in [3.8, 4) is 0 Å². The van der Waals surface area contributed by atoms with Crippen molar-refractivity contribution in [3.63, 3.8) is 0 Å². The third kappa shape index (κ3) is 4.22. The first-order chi connectivity index (χ1) is 9.29. The van der Waals surface area contributed by atoms with Gasteiger partial charge in [-0.15, -0.1) is 0 Å². The van der Waals surface area contributed by atoms with Crippen LogP contribution in [0.2, 0.25) is 0 Å². The first-order valence-electron chi connectivity index (χ1n) is 6.40. The van der Waals surface area contributed by atoms with Gasteiger partial charge in [0.05, 0.1) is 10.5 Å². The van der Waals surface area contributed by atoms with Crippen LogP contribution in [0.25, 0.3) is 0 Å². The second-order valence-corrected chi connectivity index (χ2v) is 6.76. The molecule has 0 saturated heterocycles. The number of hydrogen-bond acceptors (Lipinski definition) is 3. The van der Waals surface area contributed by atoms with Crippen molar-refractivity contribution in [2.75, 3.05) is 0 Å². The summed E-state index contributed by atoms with van der Waals surface area (Å²) in [5, 5.41) is 0. The highest BCUT2D eigenvalue weighted by Gasteiger charge is 2.24. The number of rotatable bonds is 7. The molecular formula is C13H19FN2O2S2. The van der Waals surface area contributed by atoms with Gasteiger partial charge in [-0.1, -0.05) is 38.0 Å². The Kier molecular flexibility index (Phi) is 6.04. The lowest BCUT2D eigenvalue weighted by atomic mass is 10.2. The maximum absolute atomic E-state index is 13.7. The molecule has 0 aliphatic heterocycles. The van der Waals surface area contributed by atoms with E-state index in [-0.39, 0.29) is 21.5 Å². The largest absolute Gasteiger partial charge is 0.389 e. The van der Waals surface area contributed by atoms with Gasteiger partial charge in [-0.3, -0.25) is 0 Å². The van der Waals surface area contributed by atoms with Crippen LogP contribution in [0, 0.1) is 5.82 Å². The number of hydrogen-bond donors (Lipinski definition) is 2. The Morgan fingerprint density at radius 3 is 2.70 bits per heavy atom. The molecule has 20 heavy (non-hydrogen) atoms. The summed E-state index contributed by atoms with van der Waals surface area (Å²) in [4.78, 5) is -0.488. The monoisotopic (exact) mass is 318 g/mol. The van der Waals surface area contributed by atoms with Gasteiger partial charge in [0.25, 0.3) is 0 Å².